The molecule has 12 aromatic rings. The van der Waals surface area contributed by atoms with Crippen LogP contribution in [0.2, 0.25) is 0 Å². The Hall–Kier alpha value is -7.83. The average Bonchev–Trinajstić information content (AvgIpc) is 3.95. The van der Waals surface area contributed by atoms with E-state index in [0.717, 1.165) is 93.5 Å². The molecule has 0 fully saturated rings. The SMILES string of the molecule is c1ccc(-c2ccc(-c3nc(-c4cccc5c4oc4ccccc45)nc(-n4c5ccccc5c5ccc6c(c7ccccc7n6-c6ccccc6)c54)n3)cc2)cc1. The highest BCUT2D eigenvalue weighted by molar-refractivity contribution is 6.26. The summed E-state index contributed by atoms with van der Waals surface area (Å²) in [5.41, 5.74) is 11.0. The molecule has 4 aromatic heterocycles. The molecule has 0 amide bonds. The lowest BCUT2D eigenvalue weighted by Gasteiger charge is -2.12. The van der Waals surface area contributed by atoms with Crippen LogP contribution in [-0.2, 0) is 0 Å². The van der Waals surface area contributed by atoms with Gasteiger partial charge >= 0.3 is 0 Å². The van der Waals surface area contributed by atoms with Gasteiger partial charge in [-0.2, -0.15) is 9.97 Å². The van der Waals surface area contributed by atoms with Crippen molar-refractivity contribution in [1.82, 2.24) is 24.1 Å². The first-order chi connectivity index (χ1) is 28.3. The fourth-order valence-electron chi connectivity index (χ4n) is 8.65. The van der Waals surface area contributed by atoms with E-state index in [9.17, 15) is 0 Å². The Bertz CT molecular complexity index is 3510. The fraction of sp³-hybridized carbons (Fsp3) is 0. The van der Waals surface area contributed by atoms with Gasteiger partial charge in [-0.15, -0.1) is 0 Å². The van der Waals surface area contributed by atoms with Crippen LogP contribution in [0.25, 0.3) is 111 Å². The van der Waals surface area contributed by atoms with Gasteiger partial charge in [-0.1, -0.05) is 146 Å². The number of para-hydroxylation sites is 5. The van der Waals surface area contributed by atoms with E-state index in [0.29, 0.717) is 17.6 Å². The van der Waals surface area contributed by atoms with E-state index in [1.54, 1.807) is 0 Å². The normalized spacial score (nSPS) is 11.9. The molecule has 0 radical (unpaired) electrons. The molecule has 57 heavy (non-hydrogen) atoms. The first-order valence-corrected chi connectivity index (χ1v) is 19.1. The molecule has 0 N–H and O–H groups in total. The Balaban J connectivity index is 1.18. The van der Waals surface area contributed by atoms with Crippen LogP contribution in [0.1, 0.15) is 0 Å². The van der Waals surface area contributed by atoms with E-state index in [1.807, 2.05) is 30.3 Å². The van der Waals surface area contributed by atoms with Crippen molar-refractivity contribution in [2.75, 3.05) is 0 Å². The summed E-state index contributed by atoms with van der Waals surface area (Å²) in [4.78, 5) is 16.0. The number of benzene rings is 8. The van der Waals surface area contributed by atoms with E-state index < -0.39 is 0 Å². The van der Waals surface area contributed by atoms with Crippen molar-refractivity contribution in [1.29, 1.82) is 0 Å². The first kappa shape index (κ1) is 31.5. The number of rotatable bonds is 5. The Kier molecular flexibility index (Phi) is 6.83. The third-order valence-corrected chi connectivity index (χ3v) is 11.2. The maximum absolute atomic E-state index is 6.56. The maximum Gasteiger partial charge on any atom is 0.238 e. The van der Waals surface area contributed by atoms with Gasteiger partial charge in [0.05, 0.1) is 27.6 Å². The second kappa shape index (κ2) is 12.3. The minimum Gasteiger partial charge on any atom is -0.455 e. The van der Waals surface area contributed by atoms with Gasteiger partial charge in [0.15, 0.2) is 11.6 Å². The van der Waals surface area contributed by atoms with Gasteiger partial charge in [0.1, 0.15) is 11.2 Å². The van der Waals surface area contributed by atoms with Gasteiger partial charge in [0.2, 0.25) is 5.95 Å². The van der Waals surface area contributed by atoms with Crippen molar-refractivity contribution < 1.29 is 4.42 Å². The van der Waals surface area contributed by atoms with E-state index in [2.05, 4.69) is 167 Å². The highest BCUT2D eigenvalue weighted by Gasteiger charge is 2.24. The summed E-state index contributed by atoms with van der Waals surface area (Å²) in [5, 5.41) is 6.62. The van der Waals surface area contributed by atoms with Crippen molar-refractivity contribution in [3.63, 3.8) is 0 Å². The van der Waals surface area contributed by atoms with Gasteiger partial charge in [0.25, 0.3) is 0 Å². The zero-order chi connectivity index (χ0) is 37.5. The van der Waals surface area contributed by atoms with E-state index in [4.69, 9.17) is 19.4 Å². The molecule has 0 unspecified atom stereocenters. The van der Waals surface area contributed by atoms with Gasteiger partial charge in [0, 0.05) is 43.6 Å². The Morgan fingerprint density at radius 1 is 0.368 bits per heavy atom. The molecule has 0 aliphatic heterocycles. The minimum absolute atomic E-state index is 0.533. The third-order valence-electron chi connectivity index (χ3n) is 11.2. The maximum atomic E-state index is 6.56. The van der Waals surface area contributed by atoms with Crippen molar-refractivity contribution in [2.45, 2.75) is 0 Å². The highest BCUT2D eigenvalue weighted by atomic mass is 16.3. The zero-order valence-electron chi connectivity index (χ0n) is 30.5. The number of aromatic nitrogens is 5. The second-order valence-corrected chi connectivity index (χ2v) is 14.4. The molecule has 0 saturated carbocycles. The summed E-state index contributed by atoms with van der Waals surface area (Å²) in [6, 6.07) is 65.5. The van der Waals surface area contributed by atoms with Crippen LogP contribution in [0.3, 0.4) is 0 Å². The monoisotopic (exact) mass is 729 g/mol. The summed E-state index contributed by atoms with van der Waals surface area (Å²) < 4.78 is 11.2. The molecule has 8 aromatic carbocycles. The van der Waals surface area contributed by atoms with Crippen LogP contribution in [0.15, 0.2) is 192 Å². The molecule has 6 heteroatoms. The van der Waals surface area contributed by atoms with E-state index in [1.165, 1.54) is 0 Å². The standard InChI is InChI=1S/C51H31N5O/c1-3-14-32(15-4-1)33-26-28-34(29-27-33)49-52-50(41-22-13-21-39-37-19-9-12-25-45(37)57-48(39)41)54-51(53-49)56-42-23-10-7-18-36(42)38-30-31-44-46(47(38)56)40-20-8-11-24-43(40)55(44)35-16-5-2-6-17-35/h1-31H. The Morgan fingerprint density at radius 3 is 1.79 bits per heavy atom. The lowest BCUT2D eigenvalue weighted by atomic mass is 10.0. The van der Waals surface area contributed by atoms with Crippen molar-refractivity contribution >= 4 is 65.6 Å². The van der Waals surface area contributed by atoms with Crippen molar-refractivity contribution in [3.05, 3.63) is 188 Å². The van der Waals surface area contributed by atoms with Crippen LogP contribution in [-0.4, -0.2) is 24.1 Å². The zero-order valence-corrected chi connectivity index (χ0v) is 30.5. The summed E-state index contributed by atoms with van der Waals surface area (Å²) in [5.74, 6) is 1.65. The van der Waals surface area contributed by atoms with Crippen LogP contribution >= 0.6 is 0 Å². The van der Waals surface area contributed by atoms with Gasteiger partial charge in [-0.25, -0.2) is 4.98 Å². The van der Waals surface area contributed by atoms with Gasteiger partial charge < -0.3 is 8.98 Å². The largest absolute Gasteiger partial charge is 0.455 e. The second-order valence-electron chi connectivity index (χ2n) is 14.4. The van der Waals surface area contributed by atoms with E-state index in [-0.39, 0.29) is 0 Å². The number of hydrogen-bond acceptors (Lipinski definition) is 4. The summed E-state index contributed by atoms with van der Waals surface area (Å²) >= 11 is 0. The minimum atomic E-state index is 0.533. The van der Waals surface area contributed by atoms with Gasteiger partial charge in [-0.05, 0) is 53.6 Å². The number of nitrogens with zero attached hydrogens (tertiary/aromatic N) is 5. The lowest BCUT2D eigenvalue weighted by molar-refractivity contribution is 0.669. The Morgan fingerprint density at radius 2 is 0.982 bits per heavy atom. The first-order valence-electron chi connectivity index (χ1n) is 19.1. The Labute approximate surface area is 326 Å². The molecule has 12 rings (SSSR count). The number of fused-ring (bicyclic) bond motifs is 10. The average molecular weight is 730 g/mol. The number of hydrogen-bond donors (Lipinski definition) is 0. The van der Waals surface area contributed by atoms with E-state index >= 15 is 0 Å². The molecular formula is C51H31N5O. The summed E-state index contributed by atoms with van der Waals surface area (Å²) in [7, 11) is 0. The van der Waals surface area contributed by atoms with Crippen LogP contribution in [0, 0.1) is 0 Å². The van der Waals surface area contributed by atoms with Crippen LogP contribution in [0.5, 0.6) is 0 Å². The van der Waals surface area contributed by atoms with Crippen molar-refractivity contribution in [2.24, 2.45) is 0 Å². The summed E-state index contributed by atoms with van der Waals surface area (Å²) in [6.45, 7) is 0. The van der Waals surface area contributed by atoms with Crippen molar-refractivity contribution in [3.8, 4) is 45.5 Å². The fourth-order valence-corrected chi connectivity index (χ4v) is 8.65. The van der Waals surface area contributed by atoms with Crippen LogP contribution < -0.4 is 0 Å². The third kappa shape index (κ3) is 4.81. The topological polar surface area (TPSA) is 61.7 Å². The molecule has 266 valence electrons. The quantitative estimate of drug-likeness (QED) is 0.177. The molecule has 0 aliphatic carbocycles. The molecule has 0 saturated heterocycles. The molecule has 0 aliphatic rings. The molecule has 0 atom stereocenters. The van der Waals surface area contributed by atoms with Crippen LogP contribution in [0.4, 0.5) is 0 Å². The molecule has 4 heterocycles. The highest BCUT2D eigenvalue weighted by Crippen LogP contribution is 2.42. The van der Waals surface area contributed by atoms with Gasteiger partial charge in [-0.3, -0.25) is 4.57 Å². The lowest BCUT2D eigenvalue weighted by Crippen LogP contribution is -2.06. The molecule has 6 nitrogen and oxygen atoms in total. The number of furan rings is 1. The summed E-state index contributed by atoms with van der Waals surface area (Å²) in [6.07, 6.45) is 0. The smallest absolute Gasteiger partial charge is 0.238 e. The molecule has 0 bridgehead atoms. The predicted octanol–water partition coefficient (Wildman–Crippen LogP) is 13.0. The predicted molar refractivity (Wildman–Crippen MR) is 232 cm³/mol. The molecule has 0 spiro atoms. The molecular weight excluding hydrogens is 699 g/mol.